The molecule has 22 heavy (non-hydrogen) atoms. The molecule has 2 aromatic rings. The number of para-hydroxylation sites is 3. The van der Waals surface area contributed by atoms with Gasteiger partial charge in [0.1, 0.15) is 6.17 Å². The van der Waals surface area contributed by atoms with Crippen molar-refractivity contribution in [1.29, 1.82) is 0 Å². The van der Waals surface area contributed by atoms with Crippen LogP contribution in [0.3, 0.4) is 0 Å². The monoisotopic (exact) mass is 294 g/mol. The third-order valence-corrected chi connectivity index (χ3v) is 5.23. The normalized spacial score (nSPS) is 17.8. The largest absolute Gasteiger partial charge is 0.353 e. The van der Waals surface area contributed by atoms with Crippen molar-refractivity contribution < 1.29 is 0 Å². The van der Waals surface area contributed by atoms with E-state index in [1.807, 2.05) is 0 Å². The lowest BCUT2D eigenvalue weighted by Gasteiger charge is -2.34. The van der Waals surface area contributed by atoms with Gasteiger partial charge in [-0.1, -0.05) is 51.1 Å². The molecule has 1 atom stereocenters. The predicted octanol–water partition coefficient (Wildman–Crippen LogP) is 5.31. The first kappa shape index (κ1) is 15.0. The van der Waals surface area contributed by atoms with Crippen LogP contribution < -0.4 is 9.80 Å². The maximum absolute atomic E-state index is 2.47. The molecule has 1 unspecified atom stereocenters. The lowest BCUT2D eigenvalue weighted by atomic mass is 9.81. The highest BCUT2D eigenvalue weighted by molar-refractivity contribution is 5.84. The second-order valence-electron chi connectivity index (χ2n) is 6.86. The van der Waals surface area contributed by atoms with E-state index in [2.05, 4.69) is 93.1 Å². The van der Waals surface area contributed by atoms with Crippen molar-refractivity contribution in [3.63, 3.8) is 0 Å². The summed E-state index contributed by atoms with van der Waals surface area (Å²) < 4.78 is 0. The molecule has 0 radical (unpaired) electrons. The van der Waals surface area contributed by atoms with Crippen LogP contribution in [0.15, 0.2) is 48.5 Å². The molecule has 0 saturated carbocycles. The summed E-state index contributed by atoms with van der Waals surface area (Å²) in [6, 6.07) is 17.5. The van der Waals surface area contributed by atoms with E-state index >= 15 is 0 Å². The first-order chi connectivity index (χ1) is 10.5. The molecule has 0 spiro atoms. The molecule has 2 nitrogen and oxygen atoms in total. The van der Waals surface area contributed by atoms with Gasteiger partial charge >= 0.3 is 0 Å². The molecule has 0 amide bonds. The van der Waals surface area contributed by atoms with Crippen LogP contribution in [0, 0.1) is 0 Å². The Labute approximate surface area is 134 Å². The zero-order chi connectivity index (χ0) is 15.9. The number of hydrogen-bond acceptors (Lipinski definition) is 2. The number of rotatable bonds is 3. The van der Waals surface area contributed by atoms with Gasteiger partial charge in [0.15, 0.2) is 0 Å². The van der Waals surface area contributed by atoms with E-state index in [0.29, 0.717) is 6.17 Å². The first-order valence-electron chi connectivity index (χ1n) is 8.18. The van der Waals surface area contributed by atoms with Crippen molar-refractivity contribution in [2.45, 2.75) is 45.7 Å². The fourth-order valence-corrected chi connectivity index (χ4v) is 3.32. The van der Waals surface area contributed by atoms with Crippen LogP contribution in [0.25, 0.3) is 0 Å². The Morgan fingerprint density at radius 1 is 0.909 bits per heavy atom. The minimum atomic E-state index is 0.173. The van der Waals surface area contributed by atoms with Gasteiger partial charge in [0.25, 0.3) is 0 Å². The highest BCUT2D eigenvalue weighted by Crippen LogP contribution is 2.46. The maximum atomic E-state index is 2.47. The minimum Gasteiger partial charge on any atom is -0.353 e. The Bertz CT molecular complexity index is 675. The van der Waals surface area contributed by atoms with E-state index in [4.69, 9.17) is 0 Å². The van der Waals surface area contributed by atoms with Crippen molar-refractivity contribution in [2.75, 3.05) is 16.8 Å². The Morgan fingerprint density at radius 2 is 1.45 bits per heavy atom. The minimum absolute atomic E-state index is 0.173. The molecule has 1 aliphatic heterocycles. The number of anilines is 3. The number of hydrogen-bond donors (Lipinski definition) is 0. The van der Waals surface area contributed by atoms with E-state index in [1.165, 1.54) is 22.6 Å². The van der Waals surface area contributed by atoms with E-state index < -0.39 is 0 Å². The molecule has 0 bridgehead atoms. The van der Waals surface area contributed by atoms with Gasteiger partial charge in [-0.2, -0.15) is 0 Å². The van der Waals surface area contributed by atoms with Crippen molar-refractivity contribution in [3.05, 3.63) is 54.1 Å². The fraction of sp³-hybridized carbons (Fsp3) is 0.400. The molecule has 1 heterocycles. The Kier molecular flexibility index (Phi) is 3.64. The van der Waals surface area contributed by atoms with Crippen LogP contribution in [0.4, 0.5) is 17.1 Å². The van der Waals surface area contributed by atoms with Crippen molar-refractivity contribution in [3.8, 4) is 0 Å². The molecule has 2 heteroatoms. The first-order valence-corrected chi connectivity index (χ1v) is 8.18. The van der Waals surface area contributed by atoms with Gasteiger partial charge in [-0.15, -0.1) is 0 Å². The molecule has 116 valence electrons. The quantitative estimate of drug-likeness (QED) is 0.757. The van der Waals surface area contributed by atoms with E-state index in [1.54, 1.807) is 0 Å². The molecule has 0 saturated heterocycles. The van der Waals surface area contributed by atoms with Crippen LogP contribution in [0.1, 0.15) is 39.7 Å². The summed E-state index contributed by atoms with van der Waals surface area (Å²) in [6.45, 7) is 9.21. The Balaban J connectivity index is 2.17. The summed E-state index contributed by atoms with van der Waals surface area (Å²) >= 11 is 0. The number of nitrogens with zero attached hydrogens (tertiary/aromatic N) is 2. The standard InChI is InChI=1S/C20H26N2/c1-6-20(3,4)16-11-7-8-12-17(16)22-15(2)21(5)18-13-9-10-14-19(18)22/h7-15H,6H2,1-5H3. The van der Waals surface area contributed by atoms with Gasteiger partial charge < -0.3 is 9.80 Å². The summed E-state index contributed by atoms with van der Waals surface area (Å²) in [7, 11) is 2.18. The summed E-state index contributed by atoms with van der Waals surface area (Å²) in [5.74, 6) is 0. The molecule has 1 aliphatic rings. The fourth-order valence-electron chi connectivity index (χ4n) is 3.32. The predicted molar refractivity (Wildman–Crippen MR) is 96.2 cm³/mol. The molecule has 0 fully saturated rings. The van der Waals surface area contributed by atoms with E-state index in [0.717, 1.165) is 6.42 Å². The summed E-state index contributed by atoms with van der Waals surface area (Å²) in [6.07, 6.45) is 1.45. The van der Waals surface area contributed by atoms with E-state index in [-0.39, 0.29) is 5.41 Å². The highest BCUT2D eigenvalue weighted by Gasteiger charge is 2.34. The van der Waals surface area contributed by atoms with Crippen LogP contribution in [-0.2, 0) is 5.41 Å². The topological polar surface area (TPSA) is 6.48 Å². The zero-order valence-electron chi connectivity index (χ0n) is 14.3. The van der Waals surface area contributed by atoms with Crippen molar-refractivity contribution >= 4 is 17.1 Å². The average Bonchev–Trinajstić information content (AvgIpc) is 2.79. The summed E-state index contributed by atoms with van der Waals surface area (Å²) in [4.78, 5) is 4.83. The van der Waals surface area contributed by atoms with Gasteiger partial charge in [0.2, 0.25) is 0 Å². The van der Waals surface area contributed by atoms with Gasteiger partial charge in [0.05, 0.1) is 11.4 Å². The van der Waals surface area contributed by atoms with Crippen LogP contribution in [0.5, 0.6) is 0 Å². The molecule has 0 aliphatic carbocycles. The van der Waals surface area contributed by atoms with Crippen molar-refractivity contribution in [1.82, 2.24) is 0 Å². The molecule has 3 rings (SSSR count). The third-order valence-electron chi connectivity index (χ3n) is 5.23. The van der Waals surface area contributed by atoms with Gasteiger partial charge in [-0.3, -0.25) is 0 Å². The molecular formula is C20H26N2. The average molecular weight is 294 g/mol. The molecule has 0 aromatic heterocycles. The summed E-state index contributed by atoms with van der Waals surface area (Å²) in [5.41, 5.74) is 5.54. The third kappa shape index (κ3) is 2.18. The lowest BCUT2D eigenvalue weighted by Crippen LogP contribution is -2.36. The number of fused-ring (bicyclic) bond motifs is 1. The SMILES string of the molecule is CCC(C)(C)c1ccccc1N1c2ccccc2N(C)C1C. The van der Waals surface area contributed by atoms with Crippen LogP contribution >= 0.6 is 0 Å². The lowest BCUT2D eigenvalue weighted by molar-refractivity contribution is 0.505. The van der Waals surface area contributed by atoms with Gasteiger partial charge in [-0.25, -0.2) is 0 Å². The number of benzene rings is 2. The smallest absolute Gasteiger partial charge is 0.103 e. The highest BCUT2D eigenvalue weighted by atomic mass is 15.4. The van der Waals surface area contributed by atoms with Crippen LogP contribution in [0.2, 0.25) is 0 Å². The van der Waals surface area contributed by atoms with Crippen LogP contribution in [-0.4, -0.2) is 13.2 Å². The van der Waals surface area contributed by atoms with Gasteiger partial charge in [-0.05, 0) is 42.5 Å². The second-order valence-corrected chi connectivity index (χ2v) is 6.86. The zero-order valence-corrected chi connectivity index (χ0v) is 14.3. The van der Waals surface area contributed by atoms with Crippen molar-refractivity contribution in [2.24, 2.45) is 0 Å². The Morgan fingerprint density at radius 3 is 2.09 bits per heavy atom. The molecule has 0 N–H and O–H groups in total. The Hall–Kier alpha value is -1.96. The van der Waals surface area contributed by atoms with E-state index in [9.17, 15) is 0 Å². The second kappa shape index (κ2) is 5.35. The van der Waals surface area contributed by atoms with Gasteiger partial charge in [0, 0.05) is 12.7 Å². The molecular weight excluding hydrogens is 268 g/mol. The summed E-state index contributed by atoms with van der Waals surface area (Å²) in [5, 5.41) is 0. The maximum Gasteiger partial charge on any atom is 0.103 e. The molecule has 2 aromatic carbocycles.